The molecule has 0 aliphatic rings. The normalized spacial score (nSPS) is 13.4. The standard InChI is InChI=1S/C15H24N4OS/c1-6-10-8-11-12(19-15(4,5)9(3)20)17-14(16-7-2)18-13(11)21-10/h8-9,20H,6-7H2,1-5H3,(H2,16,17,18,19). The van der Waals surface area contributed by atoms with Crippen molar-refractivity contribution in [1.29, 1.82) is 0 Å². The Hall–Kier alpha value is -1.40. The monoisotopic (exact) mass is 308 g/mol. The van der Waals surface area contributed by atoms with Crippen LogP contribution < -0.4 is 10.6 Å². The van der Waals surface area contributed by atoms with Crippen LogP contribution >= 0.6 is 11.3 Å². The fraction of sp³-hybridized carbons (Fsp3) is 0.600. The van der Waals surface area contributed by atoms with Gasteiger partial charge in [0.05, 0.1) is 17.0 Å². The summed E-state index contributed by atoms with van der Waals surface area (Å²) in [6.45, 7) is 10.6. The van der Waals surface area contributed by atoms with Gasteiger partial charge in [0.1, 0.15) is 10.6 Å². The molecule has 0 aliphatic heterocycles. The molecule has 0 saturated carbocycles. The Balaban J connectivity index is 2.50. The third kappa shape index (κ3) is 3.44. The average molecular weight is 308 g/mol. The van der Waals surface area contributed by atoms with Crippen LogP contribution in [0.2, 0.25) is 0 Å². The zero-order chi connectivity index (χ0) is 15.6. The summed E-state index contributed by atoms with van der Waals surface area (Å²) in [7, 11) is 0. The molecule has 0 bridgehead atoms. The Morgan fingerprint density at radius 1 is 1.33 bits per heavy atom. The van der Waals surface area contributed by atoms with Gasteiger partial charge < -0.3 is 15.7 Å². The van der Waals surface area contributed by atoms with Crippen molar-refractivity contribution in [1.82, 2.24) is 9.97 Å². The first-order valence-corrected chi connectivity index (χ1v) is 8.19. The van der Waals surface area contributed by atoms with E-state index in [2.05, 4.69) is 33.6 Å². The summed E-state index contributed by atoms with van der Waals surface area (Å²) in [5.41, 5.74) is -0.459. The van der Waals surface area contributed by atoms with Gasteiger partial charge in [-0.25, -0.2) is 4.98 Å². The van der Waals surface area contributed by atoms with Crippen molar-refractivity contribution in [3.05, 3.63) is 10.9 Å². The molecule has 0 saturated heterocycles. The summed E-state index contributed by atoms with van der Waals surface area (Å²) in [6.07, 6.45) is 0.492. The zero-order valence-corrected chi connectivity index (χ0v) is 14.1. The molecule has 2 aromatic rings. The van der Waals surface area contributed by atoms with Crippen molar-refractivity contribution >= 4 is 33.3 Å². The SMILES string of the molecule is CCNc1nc(NC(C)(C)C(C)O)c2cc(CC)sc2n1. The van der Waals surface area contributed by atoms with Crippen molar-refractivity contribution in [3.63, 3.8) is 0 Å². The molecule has 0 amide bonds. The highest BCUT2D eigenvalue weighted by Gasteiger charge is 2.25. The first kappa shape index (κ1) is 16.0. The summed E-state index contributed by atoms with van der Waals surface area (Å²) in [5.74, 6) is 1.40. The Kier molecular flexibility index (Phi) is 4.68. The van der Waals surface area contributed by atoms with Crippen molar-refractivity contribution in [2.24, 2.45) is 0 Å². The van der Waals surface area contributed by atoms with Crippen molar-refractivity contribution in [2.45, 2.75) is 52.7 Å². The predicted molar refractivity (Wildman–Crippen MR) is 90.3 cm³/mol. The van der Waals surface area contributed by atoms with E-state index in [0.717, 1.165) is 29.0 Å². The van der Waals surface area contributed by atoms with Crippen LogP contribution in [0.25, 0.3) is 10.2 Å². The number of hydrogen-bond acceptors (Lipinski definition) is 6. The van der Waals surface area contributed by atoms with Gasteiger partial charge in [-0.2, -0.15) is 4.98 Å². The van der Waals surface area contributed by atoms with E-state index in [1.165, 1.54) is 4.88 Å². The molecule has 5 nitrogen and oxygen atoms in total. The molecule has 21 heavy (non-hydrogen) atoms. The van der Waals surface area contributed by atoms with Crippen LogP contribution in [-0.2, 0) is 6.42 Å². The molecular weight excluding hydrogens is 284 g/mol. The zero-order valence-electron chi connectivity index (χ0n) is 13.3. The number of fused-ring (bicyclic) bond motifs is 1. The van der Waals surface area contributed by atoms with Gasteiger partial charge in [-0.05, 0) is 40.2 Å². The summed E-state index contributed by atoms with van der Waals surface area (Å²) in [5, 5.41) is 17.5. The lowest BCUT2D eigenvalue weighted by Gasteiger charge is -2.30. The quantitative estimate of drug-likeness (QED) is 0.764. The van der Waals surface area contributed by atoms with Crippen LogP contribution in [0.15, 0.2) is 6.07 Å². The Bertz CT molecular complexity index is 621. The molecule has 2 heterocycles. The average Bonchev–Trinajstić information content (AvgIpc) is 2.82. The van der Waals surface area contributed by atoms with E-state index in [1.807, 2.05) is 20.8 Å². The minimum absolute atomic E-state index is 0.459. The van der Waals surface area contributed by atoms with E-state index in [0.29, 0.717) is 5.95 Å². The lowest BCUT2D eigenvalue weighted by molar-refractivity contribution is 0.133. The highest BCUT2D eigenvalue weighted by molar-refractivity contribution is 7.18. The number of rotatable bonds is 6. The molecule has 1 atom stereocenters. The fourth-order valence-corrected chi connectivity index (χ4v) is 2.85. The first-order chi connectivity index (χ1) is 9.87. The lowest BCUT2D eigenvalue weighted by atomic mass is 9.99. The van der Waals surface area contributed by atoms with Gasteiger partial charge in [-0.3, -0.25) is 0 Å². The van der Waals surface area contributed by atoms with Gasteiger partial charge in [0.2, 0.25) is 5.95 Å². The molecule has 6 heteroatoms. The number of nitrogens with one attached hydrogen (secondary N) is 2. The van der Waals surface area contributed by atoms with Crippen molar-refractivity contribution in [2.75, 3.05) is 17.2 Å². The first-order valence-electron chi connectivity index (χ1n) is 7.38. The lowest BCUT2D eigenvalue weighted by Crippen LogP contribution is -2.42. The van der Waals surface area contributed by atoms with E-state index in [4.69, 9.17) is 0 Å². The van der Waals surface area contributed by atoms with E-state index in [1.54, 1.807) is 18.3 Å². The topological polar surface area (TPSA) is 70.1 Å². The second-order valence-corrected chi connectivity index (χ2v) is 6.85. The van der Waals surface area contributed by atoms with Gasteiger partial charge in [0.15, 0.2) is 0 Å². The summed E-state index contributed by atoms with van der Waals surface area (Å²) >= 11 is 1.69. The third-order valence-corrected chi connectivity index (χ3v) is 4.79. The number of nitrogens with zero attached hydrogens (tertiary/aromatic N) is 2. The third-order valence-electron chi connectivity index (χ3n) is 3.61. The number of thiophene rings is 1. The molecule has 1 unspecified atom stereocenters. The minimum atomic E-state index is -0.491. The molecule has 2 rings (SSSR count). The van der Waals surface area contributed by atoms with Crippen LogP contribution in [0.4, 0.5) is 11.8 Å². The maximum Gasteiger partial charge on any atom is 0.226 e. The fourth-order valence-electron chi connectivity index (χ4n) is 1.89. The van der Waals surface area contributed by atoms with Crippen LogP contribution in [0.3, 0.4) is 0 Å². The summed E-state index contributed by atoms with van der Waals surface area (Å²) < 4.78 is 0. The molecule has 2 aromatic heterocycles. The molecule has 0 fully saturated rings. The maximum atomic E-state index is 9.92. The highest BCUT2D eigenvalue weighted by Crippen LogP contribution is 2.32. The van der Waals surface area contributed by atoms with Crippen LogP contribution in [0.1, 0.15) is 39.5 Å². The number of aliphatic hydroxyl groups is 1. The smallest absolute Gasteiger partial charge is 0.226 e. The molecule has 0 aliphatic carbocycles. The minimum Gasteiger partial charge on any atom is -0.391 e. The highest BCUT2D eigenvalue weighted by atomic mass is 32.1. The number of aliphatic hydroxyl groups excluding tert-OH is 1. The van der Waals surface area contributed by atoms with Crippen LogP contribution in [-0.4, -0.2) is 33.3 Å². The molecule has 0 radical (unpaired) electrons. The largest absolute Gasteiger partial charge is 0.391 e. The van der Waals surface area contributed by atoms with E-state index < -0.39 is 11.6 Å². The van der Waals surface area contributed by atoms with Gasteiger partial charge in [-0.1, -0.05) is 6.92 Å². The van der Waals surface area contributed by atoms with Crippen molar-refractivity contribution < 1.29 is 5.11 Å². The maximum absolute atomic E-state index is 9.92. The number of aryl methyl sites for hydroxylation is 1. The number of hydrogen-bond donors (Lipinski definition) is 3. The van der Waals surface area contributed by atoms with Gasteiger partial charge in [0.25, 0.3) is 0 Å². The summed E-state index contributed by atoms with van der Waals surface area (Å²) in [4.78, 5) is 11.4. The second kappa shape index (κ2) is 6.15. The number of anilines is 2. The van der Waals surface area contributed by atoms with Gasteiger partial charge >= 0.3 is 0 Å². The van der Waals surface area contributed by atoms with Gasteiger partial charge in [0, 0.05) is 11.4 Å². The molecular formula is C15H24N4OS. The van der Waals surface area contributed by atoms with E-state index in [-0.39, 0.29) is 0 Å². The predicted octanol–water partition coefficient (Wildman–Crippen LogP) is 3.26. The van der Waals surface area contributed by atoms with Crippen molar-refractivity contribution in [3.8, 4) is 0 Å². The Morgan fingerprint density at radius 2 is 2.05 bits per heavy atom. The Labute approximate surface area is 129 Å². The molecule has 0 aromatic carbocycles. The molecule has 3 N–H and O–H groups in total. The Morgan fingerprint density at radius 3 is 2.62 bits per heavy atom. The second-order valence-electron chi connectivity index (χ2n) is 5.73. The van der Waals surface area contributed by atoms with Crippen LogP contribution in [0.5, 0.6) is 0 Å². The molecule has 116 valence electrons. The molecule has 0 spiro atoms. The van der Waals surface area contributed by atoms with Gasteiger partial charge in [-0.15, -0.1) is 11.3 Å². The number of aromatic nitrogens is 2. The van der Waals surface area contributed by atoms with E-state index in [9.17, 15) is 5.11 Å². The van der Waals surface area contributed by atoms with Crippen LogP contribution in [0, 0.1) is 0 Å². The summed E-state index contributed by atoms with van der Waals surface area (Å²) in [6, 6.07) is 2.14. The van der Waals surface area contributed by atoms with E-state index >= 15 is 0 Å².